The number of benzene rings is 1. The number of carbonyl (C=O) groups is 1. The van der Waals surface area contributed by atoms with Gasteiger partial charge in [0.15, 0.2) is 0 Å². The smallest absolute Gasteiger partial charge is 0.410 e. The van der Waals surface area contributed by atoms with E-state index in [4.69, 9.17) is 10.5 Å². The summed E-state index contributed by atoms with van der Waals surface area (Å²) in [6, 6.07) is 8.24. The van der Waals surface area contributed by atoms with Crippen LogP contribution in [0.25, 0.3) is 0 Å². The van der Waals surface area contributed by atoms with Crippen LogP contribution in [0.4, 0.5) is 4.79 Å². The van der Waals surface area contributed by atoms with Gasteiger partial charge in [-0.15, -0.1) is 0 Å². The van der Waals surface area contributed by atoms with E-state index in [-0.39, 0.29) is 12.1 Å². The van der Waals surface area contributed by atoms with Crippen molar-refractivity contribution in [1.82, 2.24) is 4.90 Å². The first-order chi connectivity index (χ1) is 9.19. The first-order valence-corrected chi connectivity index (χ1v) is 6.94. The van der Waals surface area contributed by atoms with Gasteiger partial charge in [0.25, 0.3) is 0 Å². The molecule has 19 heavy (non-hydrogen) atoms. The lowest BCUT2D eigenvalue weighted by Crippen LogP contribution is -2.45. The first-order valence-electron chi connectivity index (χ1n) is 6.94. The number of hydrogen-bond donors (Lipinski definition) is 1. The van der Waals surface area contributed by atoms with Crippen molar-refractivity contribution in [2.24, 2.45) is 5.73 Å². The maximum Gasteiger partial charge on any atom is 0.410 e. The molecule has 4 heteroatoms. The summed E-state index contributed by atoms with van der Waals surface area (Å²) in [4.78, 5) is 13.6. The summed E-state index contributed by atoms with van der Waals surface area (Å²) in [5, 5.41) is 0. The van der Waals surface area contributed by atoms with Crippen LogP contribution in [0.5, 0.6) is 0 Å². The maximum atomic E-state index is 11.9. The SMILES string of the molecule is CCc1ccc(COC(=O)N2CCCC(N)C2)cc1. The Kier molecular flexibility index (Phi) is 4.80. The highest BCUT2D eigenvalue weighted by Gasteiger charge is 2.22. The topological polar surface area (TPSA) is 55.6 Å². The fourth-order valence-corrected chi connectivity index (χ4v) is 2.28. The van der Waals surface area contributed by atoms with Gasteiger partial charge in [-0.1, -0.05) is 31.2 Å². The summed E-state index contributed by atoms with van der Waals surface area (Å²) in [5.74, 6) is 0. The summed E-state index contributed by atoms with van der Waals surface area (Å²) in [6.07, 6.45) is 2.71. The van der Waals surface area contributed by atoms with Gasteiger partial charge in [0.05, 0.1) is 0 Å². The van der Waals surface area contributed by atoms with Crippen LogP contribution in [0.15, 0.2) is 24.3 Å². The molecule has 0 spiro atoms. The van der Waals surface area contributed by atoms with Gasteiger partial charge in [-0.3, -0.25) is 0 Å². The van der Waals surface area contributed by atoms with Crippen LogP contribution in [0.1, 0.15) is 30.9 Å². The van der Waals surface area contributed by atoms with Crippen molar-refractivity contribution in [3.05, 3.63) is 35.4 Å². The molecule has 2 N–H and O–H groups in total. The van der Waals surface area contributed by atoms with Crippen molar-refractivity contribution in [2.75, 3.05) is 13.1 Å². The third-order valence-electron chi connectivity index (χ3n) is 3.51. The molecular formula is C15H22N2O2. The average molecular weight is 262 g/mol. The summed E-state index contributed by atoms with van der Waals surface area (Å²) >= 11 is 0. The van der Waals surface area contributed by atoms with E-state index in [2.05, 4.69) is 19.1 Å². The third-order valence-corrected chi connectivity index (χ3v) is 3.51. The minimum Gasteiger partial charge on any atom is -0.445 e. The number of piperidine rings is 1. The Balaban J connectivity index is 1.82. The molecule has 1 aromatic rings. The molecular weight excluding hydrogens is 240 g/mol. The largest absolute Gasteiger partial charge is 0.445 e. The molecule has 4 nitrogen and oxygen atoms in total. The van der Waals surface area contributed by atoms with Crippen LogP contribution in [0, 0.1) is 0 Å². The second-order valence-electron chi connectivity index (χ2n) is 5.07. The molecule has 2 rings (SSSR count). The molecule has 1 unspecified atom stereocenters. The molecule has 1 heterocycles. The monoisotopic (exact) mass is 262 g/mol. The van der Waals surface area contributed by atoms with E-state index < -0.39 is 0 Å². The van der Waals surface area contributed by atoms with Gasteiger partial charge >= 0.3 is 6.09 Å². The van der Waals surface area contributed by atoms with E-state index in [1.165, 1.54) is 5.56 Å². The molecule has 0 bridgehead atoms. The van der Waals surface area contributed by atoms with Crippen molar-refractivity contribution in [3.63, 3.8) is 0 Å². The Bertz CT molecular complexity index is 417. The number of carbonyl (C=O) groups excluding carboxylic acids is 1. The van der Waals surface area contributed by atoms with Gasteiger partial charge in [-0.25, -0.2) is 4.79 Å². The summed E-state index contributed by atoms with van der Waals surface area (Å²) in [6.45, 7) is 3.80. The first kappa shape index (κ1) is 13.9. The summed E-state index contributed by atoms with van der Waals surface area (Å²) < 4.78 is 5.32. The van der Waals surface area contributed by atoms with Gasteiger partial charge in [0, 0.05) is 19.1 Å². The van der Waals surface area contributed by atoms with Crippen LogP contribution in [-0.2, 0) is 17.8 Å². The lowest BCUT2D eigenvalue weighted by Gasteiger charge is -2.29. The predicted molar refractivity (Wildman–Crippen MR) is 74.8 cm³/mol. The molecule has 104 valence electrons. The Morgan fingerprint density at radius 1 is 1.37 bits per heavy atom. The highest BCUT2D eigenvalue weighted by Crippen LogP contribution is 2.11. The second kappa shape index (κ2) is 6.57. The quantitative estimate of drug-likeness (QED) is 0.909. The number of amides is 1. The van der Waals surface area contributed by atoms with E-state index in [9.17, 15) is 4.79 Å². The van der Waals surface area contributed by atoms with Gasteiger partial charge in [0.1, 0.15) is 6.61 Å². The zero-order valence-corrected chi connectivity index (χ0v) is 11.5. The third kappa shape index (κ3) is 3.96. The molecule has 1 atom stereocenters. The van der Waals surface area contributed by atoms with Crippen LogP contribution >= 0.6 is 0 Å². The molecule has 0 aliphatic carbocycles. The molecule has 0 aromatic heterocycles. The van der Waals surface area contributed by atoms with Gasteiger partial charge in [-0.05, 0) is 30.4 Å². The minimum absolute atomic E-state index is 0.0881. The fourth-order valence-electron chi connectivity index (χ4n) is 2.28. The predicted octanol–water partition coefficient (Wildman–Crippen LogP) is 2.31. The van der Waals surface area contributed by atoms with Crippen molar-refractivity contribution >= 4 is 6.09 Å². The number of nitrogens with two attached hydrogens (primary N) is 1. The Morgan fingerprint density at radius 2 is 2.05 bits per heavy atom. The van der Waals surface area contributed by atoms with Crippen molar-refractivity contribution in [1.29, 1.82) is 0 Å². The number of likely N-dealkylation sites (tertiary alicyclic amines) is 1. The molecule has 1 saturated heterocycles. The maximum absolute atomic E-state index is 11.9. The number of nitrogens with zero attached hydrogens (tertiary/aromatic N) is 1. The summed E-state index contributed by atoms with van der Waals surface area (Å²) in [7, 11) is 0. The van der Waals surface area contributed by atoms with Crippen LogP contribution in [0.3, 0.4) is 0 Å². The Morgan fingerprint density at radius 3 is 2.68 bits per heavy atom. The normalized spacial score (nSPS) is 19.3. The molecule has 1 aliphatic rings. The van der Waals surface area contributed by atoms with Crippen LogP contribution in [0.2, 0.25) is 0 Å². The molecule has 0 radical (unpaired) electrons. The van der Waals surface area contributed by atoms with Gasteiger partial charge in [0.2, 0.25) is 0 Å². The van der Waals surface area contributed by atoms with Crippen molar-refractivity contribution < 1.29 is 9.53 Å². The molecule has 0 saturated carbocycles. The number of ether oxygens (including phenoxy) is 1. The zero-order chi connectivity index (χ0) is 13.7. The fraction of sp³-hybridized carbons (Fsp3) is 0.533. The van der Waals surface area contributed by atoms with Crippen LogP contribution in [-0.4, -0.2) is 30.1 Å². The lowest BCUT2D eigenvalue weighted by atomic mass is 10.1. The average Bonchev–Trinajstić information content (AvgIpc) is 2.45. The highest BCUT2D eigenvalue weighted by molar-refractivity contribution is 5.67. The van der Waals surface area contributed by atoms with Crippen molar-refractivity contribution in [3.8, 4) is 0 Å². The second-order valence-corrected chi connectivity index (χ2v) is 5.07. The molecule has 1 aromatic carbocycles. The standard InChI is InChI=1S/C15H22N2O2/c1-2-12-5-7-13(8-6-12)11-19-15(18)17-9-3-4-14(16)10-17/h5-8,14H,2-4,9-11,16H2,1H3. The molecule has 1 amide bonds. The highest BCUT2D eigenvalue weighted by atomic mass is 16.6. The van der Waals surface area contributed by atoms with E-state index in [0.29, 0.717) is 13.2 Å². The van der Waals surface area contributed by atoms with Gasteiger partial charge in [-0.2, -0.15) is 0 Å². The molecule has 1 aliphatic heterocycles. The van der Waals surface area contributed by atoms with Crippen LogP contribution < -0.4 is 5.73 Å². The molecule has 1 fully saturated rings. The van der Waals surface area contributed by atoms with E-state index in [0.717, 1.165) is 31.4 Å². The number of rotatable bonds is 3. The summed E-state index contributed by atoms with van der Waals surface area (Å²) in [5.41, 5.74) is 8.16. The minimum atomic E-state index is -0.255. The zero-order valence-electron chi connectivity index (χ0n) is 11.5. The van der Waals surface area contributed by atoms with E-state index >= 15 is 0 Å². The van der Waals surface area contributed by atoms with E-state index in [1.54, 1.807) is 4.90 Å². The lowest BCUT2D eigenvalue weighted by molar-refractivity contribution is 0.0862. The Labute approximate surface area is 114 Å². The number of hydrogen-bond acceptors (Lipinski definition) is 3. The van der Waals surface area contributed by atoms with Crippen molar-refractivity contribution in [2.45, 2.75) is 38.8 Å². The number of aryl methyl sites for hydroxylation is 1. The van der Waals surface area contributed by atoms with E-state index in [1.807, 2.05) is 12.1 Å². The van der Waals surface area contributed by atoms with Gasteiger partial charge < -0.3 is 15.4 Å². The Hall–Kier alpha value is -1.55.